The van der Waals surface area contributed by atoms with Crippen molar-refractivity contribution in [2.75, 3.05) is 27.9 Å². The predicted octanol–water partition coefficient (Wildman–Crippen LogP) is 7.99. The highest BCUT2D eigenvalue weighted by molar-refractivity contribution is 5.86. The first kappa shape index (κ1) is 53.6. The van der Waals surface area contributed by atoms with Gasteiger partial charge >= 0.3 is 5.97 Å². The number of ketones is 1. The molecule has 64 heavy (non-hydrogen) atoms. The molecule has 362 valence electrons. The van der Waals surface area contributed by atoms with Crippen LogP contribution in [0.1, 0.15) is 132 Å². The average molecular weight is 898 g/mol. The molecule has 0 aromatic rings. The first-order valence-electron chi connectivity index (χ1n) is 24.1. The molecule has 3 heterocycles. The number of aliphatic hydroxyl groups excluding tert-OH is 2. The number of amides is 1. The summed E-state index contributed by atoms with van der Waals surface area (Å²) in [7, 11) is 4.82. The number of carbonyl (C=O) groups is 3. The third-order valence-electron chi connectivity index (χ3n) is 14.8. The van der Waals surface area contributed by atoms with E-state index in [2.05, 4.69) is 26.5 Å². The maximum atomic E-state index is 14.4. The number of hydrogen-bond acceptors (Lipinski definition) is 11. The van der Waals surface area contributed by atoms with Crippen LogP contribution in [-0.2, 0) is 38.1 Å². The Bertz CT molecular complexity index is 1670. The van der Waals surface area contributed by atoms with Crippen molar-refractivity contribution in [3.8, 4) is 0 Å². The van der Waals surface area contributed by atoms with E-state index in [1.165, 1.54) is 0 Å². The molecule has 0 aromatic heterocycles. The zero-order valence-electron chi connectivity index (χ0n) is 40.7. The van der Waals surface area contributed by atoms with E-state index < -0.39 is 48.1 Å². The summed E-state index contributed by atoms with van der Waals surface area (Å²) < 4.78 is 30.1. The van der Waals surface area contributed by atoms with Crippen molar-refractivity contribution in [3.63, 3.8) is 0 Å². The number of hydrogen-bond donors (Lipinski definition) is 3. The van der Waals surface area contributed by atoms with Gasteiger partial charge in [0.2, 0.25) is 5.91 Å². The number of aliphatic hydroxyl groups is 3. The number of cyclic esters (lactones) is 1. The number of nitrogens with zero attached hydrogens (tertiary/aromatic N) is 1. The summed E-state index contributed by atoms with van der Waals surface area (Å²) in [6, 6.07) is -0.879. The first-order chi connectivity index (χ1) is 30.3. The highest BCUT2D eigenvalue weighted by Gasteiger charge is 2.46. The van der Waals surface area contributed by atoms with Crippen LogP contribution in [0.3, 0.4) is 0 Å². The molecule has 4 aliphatic rings. The number of esters is 1. The fourth-order valence-corrected chi connectivity index (χ4v) is 10.3. The lowest BCUT2D eigenvalue weighted by atomic mass is 9.78. The van der Waals surface area contributed by atoms with Crippen molar-refractivity contribution in [1.29, 1.82) is 0 Å². The van der Waals surface area contributed by atoms with Gasteiger partial charge in [-0.05, 0) is 118 Å². The number of allylic oxidation sites excluding steroid dienone is 6. The second-order valence-corrected chi connectivity index (χ2v) is 19.8. The standard InChI is InChI=1S/C52H83NO11/c1-32-17-13-12-14-18-33(2)45(60-9)29-41-22-20-38(7)52(59,64-41)31-48(56)53-24-16-15-19-42(53)51(58)63-46(36(5)27-40-21-23-43(54)47(28-40)61-10)30-44(55)35(4)26-37(6)49(57)50(62-11)39(8)34(3)25-32/h12-14,17-18,26,32,34-36,38,40-43,45-47,49-50,54,57,59H,8,15-16,19-25,27-31H2,1-7,9-11H3/b14-12+,17-13+,33-18+,37-26+/t32-,34-,35-,36-,38-,40+,41+,42+,43-,45+,46+,47-,49-,50+,52+/m1/s1. The van der Waals surface area contributed by atoms with Crippen LogP contribution in [-0.4, -0.2) is 120 Å². The smallest absolute Gasteiger partial charge is 0.329 e. The number of piperidine rings is 1. The summed E-state index contributed by atoms with van der Waals surface area (Å²) in [4.78, 5) is 44.4. The largest absolute Gasteiger partial charge is 0.460 e. The second kappa shape index (κ2) is 25.2. The van der Waals surface area contributed by atoms with Gasteiger partial charge in [0, 0.05) is 52.6 Å². The minimum Gasteiger partial charge on any atom is -0.460 e. The molecule has 4 rings (SSSR count). The van der Waals surface area contributed by atoms with Crippen molar-refractivity contribution >= 4 is 17.7 Å². The highest BCUT2D eigenvalue weighted by atomic mass is 16.6. The lowest BCUT2D eigenvalue weighted by Gasteiger charge is -2.44. The van der Waals surface area contributed by atoms with Gasteiger partial charge in [0.1, 0.15) is 30.1 Å². The van der Waals surface area contributed by atoms with Crippen LogP contribution in [0, 0.1) is 35.5 Å². The molecule has 1 amide bonds. The molecule has 2 bridgehead atoms. The monoisotopic (exact) mass is 898 g/mol. The normalized spacial score (nSPS) is 40.8. The molecule has 1 saturated carbocycles. The SMILES string of the molecule is C=C1[C@H](C)C[C@H](C)/C=C/C=C/C=C(\C)[C@@H](OC)C[C@@H]2CC[C@@H](C)[C@](O)(CC(=O)N3CCCC[C@H]3C(=O)O[C@H]([C@H](C)C[C@@H]3CC[C@@H](O)[C@H](OC)C3)CC(=O)[C@H](C)/C=C(\C)[C@@H](O)[C@H]1OC)O2. The van der Waals surface area contributed by atoms with Gasteiger partial charge in [0.15, 0.2) is 5.79 Å². The third-order valence-corrected chi connectivity index (χ3v) is 14.8. The molecular weight excluding hydrogens is 815 g/mol. The maximum Gasteiger partial charge on any atom is 0.329 e. The van der Waals surface area contributed by atoms with Crippen LogP contribution < -0.4 is 0 Å². The van der Waals surface area contributed by atoms with E-state index in [1.807, 2.05) is 45.1 Å². The number of Topliss-reactive ketones (excluding diaryl/α,β-unsaturated/α-hetero) is 1. The summed E-state index contributed by atoms with van der Waals surface area (Å²) >= 11 is 0. The lowest BCUT2D eigenvalue weighted by molar-refractivity contribution is -0.284. The van der Waals surface area contributed by atoms with Gasteiger partial charge in [0.05, 0.1) is 30.8 Å². The number of carbonyl (C=O) groups excluding carboxylic acids is 3. The van der Waals surface area contributed by atoms with Crippen LogP contribution in [0.15, 0.2) is 59.8 Å². The topological polar surface area (TPSA) is 161 Å². The molecule has 3 N–H and O–H groups in total. The Hall–Kier alpha value is -2.97. The van der Waals surface area contributed by atoms with Gasteiger partial charge in [-0.3, -0.25) is 9.59 Å². The minimum atomic E-state index is -1.73. The summed E-state index contributed by atoms with van der Waals surface area (Å²) in [5.41, 5.74) is 2.35. The van der Waals surface area contributed by atoms with Crippen LogP contribution in [0.4, 0.5) is 0 Å². The molecule has 12 nitrogen and oxygen atoms in total. The van der Waals surface area contributed by atoms with Crippen molar-refractivity contribution < 1.29 is 53.4 Å². The Kier molecular flexibility index (Phi) is 21.2. The summed E-state index contributed by atoms with van der Waals surface area (Å²) in [5, 5.41) is 34.1. The predicted molar refractivity (Wildman–Crippen MR) is 249 cm³/mol. The first-order valence-corrected chi connectivity index (χ1v) is 24.1. The van der Waals surface area contributed by atoms with E-state index >= 15 is 0 Å². The molecule has 0 radical (unpaired) electrons. The fraction of sp³-hybridized carbons (Fsp3) is 0.750. The van der Waals surface area contributed by atoms with E-state index in [9.17, 15) is 29.7 Å². The zero-order chi connectivity index (χ0) is 47.3. The molecule has 3 aliphatic heterocycles. The molecule has 2 saturated heterocycles. The van der Waals surface area contributed by atoms with Crippen LogP contribution >= 0.6 is 0 Å². The molecule has 15 atom stereocenters. The Balaban J connectivity index is 1.67. The number of methoxy groups -OCH3 is 3. The third kappa shape index (κ3) is 14.8. The molecule has 1 aliphatic carbocycles. The highest BCUT2D eigenvalue weighted by Crippen LogP contribution is 2.39. The number of rotatable bonds is 6. The van der Waals surface area contributed by atoms with Gasteiger partial charge < -0.3 is 43.9 Å². The van der Waals surface area contributed by atoms with Crippen LogP contribution in [0.25, 0.3) is 0 Å². The molecule has 3 fully saturated rings. The quantitative estimate of drug-likeness (QED) is 0.175. The number of ether oxygens (including phenoxy) is 5. The minimum absolute atomic E-state index is 0.0253. The van der Waals surface area contributed by atoms with Gasteiger partial charge in [-0.25, -0.2) is 4.79 Å². The number of fused-ring (bicyclic) bond motifs is 3. The van der Waals surface area contributed by atoms with Crippen LogP contribution in [0.5, 0.6) is 0 Å². The molecule has 12 heteroatoms. The van der Waals surface area contributed by atoms with Gasteiger partial charge in [0.25, 0.3) is 0 Å². The Morgan fingerprint density at radius 2 is 1.62 bits per heavy atom. The van der Waals surface area contributed by atoms with Crippen molar-refractivity contribution in [2.24, 2.45) is 35.5 Å². The maximum absolute atomic E-state index is 14.4. The molecule has 0 aromatic carbocycles. The van der Waals surface area contributed by atoms with E-state index in [0.717, 1.165) is 30.4 Å². The van der Waals surface area contributed by atoms with Gasteiger partial charge in [-0.2, -0.15) is 0 Å². The lowest BCUT2D eigenvalue weighted by Crippen LogP contribution is -2.55. The van der Waals surface area contributed by atoms with Crippen molar-refractivity contribution in [2.45, 2.75) is 186 Å². The van der Waals surface area contributed by atoms with E-state index in [1.54, 1.807) is 46.2 Å². The Labute approximate surface area is 384 Å². The zero-order valence-corrected chi connectivity index (χ0v) is 40.7. The summed E-state index contributed by atoms with van der Waals surface area (Å²) in [5.74, 6) is -3.57. The Morgan fingerprint density at radius 1 is 0.891 bits per heavy atom. The average Bonchev–Trinajstić information content (AvgIpc) is 3.26. The van der Waals surface area contributed by atoms with Gasteiger partial charge in [-0.15, -0.1) is 0 Å². The van der Waals surface area contributed by atoms with Crippen molar-refractivity contribution in [1.82, 2.24) is 4.90 Å². The fourth-order valence-electron chi connectivity index (χ4n) is 10.3. The molecular formula is C52H83NO11. The second-order valence-electron chi connectivity index (χ2n) is 19.8. The molecule has 0 unspecified atom stereocenters. The van der Waals surface area contributed by atoms with E-state index in [0.29, 0.717) is 63.5 Å². The summed E-state index contributed by atoms with van der Waals surface area (Å²) in [6.07, 6.45) is 14.7. The summed E-state index contributed by atoms with van der Waals surface area (Å²) in [6.45, 7) is 18.4. The molecule has 0 spiro atoms. The van der Waals surface area contributed by atoms with E-state index in [4.69, 9.17) is 23.7 Å². The van der Waals surface area contributed by atoms with Gasteiger partial charge in [-0.1, -0.05) is 77.7 Å². The Morgan fingerprint density at radius 3 is 2.31 bits per heavy atom. The van der Waals surface area contributed by atoms with Crippen LogP contribution in [0.2, 0.25) is 0 Å². The van der Waals surface area contributed by atoms with E-state index in [-0.39, 0.29) is 72.4 Å². The van der Waals surface area contributed by atoms with Crippen molar-refractivity contribution in [3.05, 3.63) is 59.8 Å².